The zero-order valence-electron chi connectivity index (χ0n) is 20.0. The standard InChI is InChI=1S/C25H37FN4O2/c1-17(19-7-10-23(26)24(15-19)32-5)28-22-9-6-20(14-22)21-8-11-25(27-16-21)30(4)13-12-29(3)18(2)31/h7,10,15-17,20,22,28H,6,8-9,11-14H2,1-5H3/t17-,20-,22+/m1/s1. The van der Waals surface area contributed by atoms with Crippen LogP contribution in [0.3, 0.4) is 0 Å². The Morgan fingerprint density at radius 1 is 1.28 bits per heavy atom. The van der Waals surface area contributed by atoms with E-state index in [1.165, 1.54) is 25.2 Å². The number of methoxy groups -OCH3 is 1. The van der Waals surface area contributed by atoms with Gasteiger partial charge in [0, 0.05) is 58.8 Å². The first-order chi connectivity index (χ1) is 15.3. The van der Waals surface area contributed by atoms with Crippen LogP contribution in [0.1, 0.15) is 57.6 Å². The molecule has 1 saturated carbocycles. The van der Waals surface area contributed by atoms with Crippen LogP contribution in [0.2, 0.25) is 0 Å². The maximum absolute atomic E-state index is 13.7. The number of carbonyl (C=O) groups excluding carboxylic acids is 1. The van der Waals surface area contributed by atoms with Gasteiger partial charge in [-0.05, 0) is 61.8 Å². The third-order valence-electron chi connectivity index (χ3n) is 6.88. The molecule has 32 heavy (non-hydrogen) atoms. The second kappa shape index (κ2) is 10.9. The van der Waals surface area contributed by atoms with Crippen LogP contribution in [0.25, 0.3) is 0 Å². The van der Waals surface area contributed by atoms with E-state index >= 15 is 0 Å². The van der Waals surface area contributed by atoms with Crippen LogP contribution in [0.4, 0.5) is 4.39 Å². The summed E-state index contributed by atoms with van der Waals surface area (Å²) in [5.41, 5.74) is 2.49. The third kappa shape index (κ3) is 6.09. The number of allylic oxidation sites excluding steroid dienone is 1. The molecule has 1 amide bonds. The average Bonchev–Trinajstić information content (AvgIpc) is 3.25. The predicted molar refractivity (Wildman–Crippen MR) is 126 cm³/mol. The smallest absolute Gasteiger partial charge is 0.219 e. The van der Waals surface area contributed by atoms with E-state index in [2.05, 4.69) is 23.3 Å². The molecule has 0 unspecified atom stereocenters. The fourth-order valence-corrected chi connectivity index (χ4v) is 4.59. The number of likely N-dealkylation sites (N-methyl/N-ethyl adjacent to an activating group) is 2. The van der Waals surface area contributed by atoms with E-state index < -0.39 is 0 Å². The van der Waals surface area contributed by atoms with E-state index in [1.807, 2.05) is 20.2 Å². The van der Waals surface area contributed by atoms with E-state index in [9.17, 15) is 9.18 Å². The summed E-state index contributed by atoms with van der Waals surface area (Å²) in [5.74, 6) is 1.71. The summed E-state index contributed by atoms with van der Waals surface area (Å²) in [5, 5.41) is 3.72. The number of carbonyl (C=O) groups is 1. The summed E-state index contributed by atoms with van der Waals surface area (Å²) in [4.78, 5) is 20.0. The molecule has 1 heterocycles. The van der Waals surface area contributed by atoms with Gasteiger partial charge in [-0.25, -0.2) is 9.38 Å². The van der Waals surface area contributed by atoms with Crippen molar-refractivity contribution in [2.75, 3.05) is 34.3 Å². The molecule has 1 aliphatic heterocycles. The Labute approximate surface area is 191 Å². The highest BCUT2D eigenvalue weighted by Gasteiger charge is 2.29. The van der Waals surface area contributed by atoms with Crippen LogP contribution in [0.5, 0.6) is 5.75 Å². The molecule has 1 N–H and O–H groups in total. The Hall–Kier alpha value is -2.41. The van der Waals surface area contributed by atoms with Crippen LogP contribution in [-0.2, 0) is 4.79 Å². The highest BCUT2D eigenvalue weighted by atomic mass is 19.1. The van der Waals surface area contributed by atoms with Gasteiger partial charge in [0.1, 0.15) is 5.84 Å². The van der Waals surface area contributed by atoms with E-state index in [0.717, 1.165) is 43.6 Å². The van der Waals surface area contributed by atoms with Gasteiger partial charge >= 0.3 is 0 Å². The van der Waals surface area contributed by atoms with Crippen molar-refractivity contribution >= 4 is 11.7 Å². The molecule has 0 radical (unpaired) electrons. The Kier molecular flexibility index (Phi) is 8.29. The molecule has 1 fully saturated rings. The van der Waals surface area contributed by atoms with Gasteiger partial charge in [0.25, 0.3) is 0 Å². The van der Waals surface area contributed by atoms with Gasteiger partial charge in [0.15, 0.2) is 11.6 Å². The van der Waals surface area contributed by atoms with E-state index in [0.29, 0.717) is 24.3 Å². The van der Waals surface area contributed by atoms with Gasteiger partial charge in [-0.15, -0.1) is 0 Å². The topological polar surface area (TPSA) is 57.2 Å². The molecule has 1 aromatic carbocycles. The zero-order valence-corrected chi connectivity index (χ0v) is 20.0. The van der Waals surface area contributed by atoms with Gasteiger partial charge in [-0.3, -0.25) is 4.79 Å². The lowest BCUT2D eigenvalue weighted by Crippen LogP contribution is -2.37. The van der Waals surface area contributed by atoms with Gasteiger partial charge < -0.3 is 19.9 Å². The van der Waals surface area contributed by atoms with Gasteiger partial charge in [0.05, 0.1) is 7.11 Å². The van der Waals surface area contributed by atoms with Crippen molar-refractivity contribution < 1.29 is 13.9 Å². The Morgan fingerprint density at radius 3 is 2.72 bits per heavy atom. The van der Waals surface area contributed by atoms with Crippen molar-refractivity contribution in [1.29, 1.82) is 0 Å². The molecule has 0 saturated heterocycles. The van der Waals surface area contributed by atoms with Gasteiger partial charge in [-0.1, -0.05) is 6.07 Å². The lowest BCUT2D eigenvalue weighted by molar-refractivity contribution is -0.127. The minimum atomic E-state index is -0.329. The number of aliphatic imine (C=N–C) groups is 1. The molecule has 0 aromatic heterocycles. The van der Waals surface area contributed by atoms with Crippen molar-refractivity contribution in [3.63, 3.8) is 0 Å². The number of hydrogen-bond acceptors (Lipinski definition) is 5. The van der Waals surface area contributed by atoms with Crippen molar-refractivity contribution in [1.82, 2.24) is 15.1 Å². The summed E-state index contributed by atoms with van der Waals surface area (Å²) in [7, 11) is 5.37. The molecular weight excluding hydrogens is 407 g/mol. The van der Waals surface area contributed by atoms with Crippen LogP contribution < -0.4 is 10.1 Å². The third-order valence-corrected chi connectivity index (χ3v) is 6.88. The molecule has 6 nitrogen and oxygen atoms in total. The summed E-state index contributed by atoms with van der Waals surface area (Å²) in [6.07, 6.45) is 7.50. The first-order valence-corrected chi connectivity index (χ1v) is 11.6. The number of benzene rings is 1. The monoisotopic (exact) mass is 444 g/mol. The summed E-state index contributed by atoms with van der Waals surface area (Å²) in [6.45, 7) is 5.21. The normalized spacial score (nSPS) is 21.6. The van der Waals surface area contributed by atoms with Gasteiger partial charge in [-0.2, -0.15) is 0 Å². The molecule has 1 aromatic rings. The van der Waals surface area contributed by atoms with Crippen molar-refractivity contribution in [3.05, 3.63) is 41.4 Å². The highest BCUT2D eigenvalue weighted by molar-refractivity contribution is 5.83. The lowest BCUT2D eigenvalue weighted by atomic mass is 9.92. The molecule has 7 heteroatoms. The van der Waals surface area contributed by atoms with Gasteiger partial charge in [0.2, 0.25) is 5.91 Å². The number of nitrogens with zero attached hydrogens (tertiary/aromatic N) is 3. The molecule has 1 aliphatic carbocycles. The number of nitrogens with one attached hydrogen (secondary N) is 1. The molecule has 2 aliphatic rings. The summed E-state index contributed by atoms with van der Waals surface area (Å²) < 4.78 is 18.8. The quantitative estimate of drug-likeness (QED) is 0.655. The van der Waals surface area contributed by atoms with Crippen molar-refractivity contribution in [2.24, 2.45) is 10.9 Å². The summed E-state index contributed by atoms with van der Waals surface area (Å²) >= 11 is 0. The highest BCUT2D eigenvalue weighted by Crippen LogP contribution is 2.36. The molecule has 0 spiro atoms. The average molecular weight is 445 g/mol. The van der Waals surface area contributed by atoms with E-state index in [-0.39, 0.29) is 17.8 Å². The fraction of sp³-hybridized carbons (Fsp3) is 0.600. The van der Waals surface area contributed by atoms with Crippen LogP contribution in [-0.4, -0.2) is 61.9 Å². The number of amidine groups is 1. The van der Waals surface area contributed by atoms with Crippen LogP contribution in [0, 0.1) is 11.7 Å². The number of hydrogen-bond donors (Lipinski definition) is 1. The minimum absolute atomic E-state index is 0.0865. The van der Waals surface area contributed by atoms with E-state index in [4.69, 9.17) is 9.73 Å². The minimum Gasteiger partial charge on any atom is -0.494 e. The van der Waals surface area contributed by atoms with E-state index in [1.54, 1.807) is 17.9 Å². The second-order valence-electron chi connectivity index (χ2n) is 9.10. The number of ether oxygens (including phenoxy) is 1. The number of halogens is 1. The SMILES string of the molecule is COc1cc([C@@H](C)N[C@H]2CC[C@@H](C3=CN=C(N(C)CCN(C)C(C)=O)CC3)C2)ccc1F. The zero-order chi connectivity index (χ0) is 23.3. The Balaban J connectivity index is 1.51. The predicted octanol–water partition coefficient (Wildman–Crippen LogP) is 4.14. The molecule has 3 atom stereocenters. The van der Waals surface area contributed by atoms with Crippen molar-refractivity contribution in [3.8, 4) is 5.75 Å². The number of rotatable bonds is 8. The van der Waals surface area contributed by atoms with Crippen molar-refractivity contribution in [2.45, 2.75) is 58.0 Å². The first-order valence-electron chi connectivity index (χ1n) is 11.6. The Morgan fingerprint density at radius 2 is 2.06 bits per heavy atom. The molecule has 3 rings (SSSR count). The maximum atomic E-state index is 13.7. The summed E-state index contributed by atoms with van der Waals surface area (Å²) in [6, 6.07) is 5.67. The fourth-order valence-electron chi connectivity index (χ4n) is 4.59. The molecule has 0 bridgehead atoms. The van der Waals surface area contributed by atoms with Crippen LogP contribution in [0.15, 0.2) is 35.0 Å². The maximum Gasteiger partial charge on any atom is 0.219 e. The number of amides is 1. The largest absolute Gasteiger partial charge is 0.494 e. The first kappa shape index (κ1) is 24.2. The lowest BCUT2D eigenvalue weighted by Gasteiger charge is -2.27. The second-order valence-corrected chi connectivity index (χ2v) is 9.10. The molecular formula is C25H37FN4O2. The Bertz CT molecular complexity index is 869. The molecule has 176 valence electrons. The van der Waals surface area contributed by atoms with Crippen LogP contribution >= 0.6 is 0 Å².